The first-order valence-electron chi connectivity index (χ1n) is 8.47. The van der Waals surface area contributed by atoms with E-state index < -0.39 is 0 Å². The van der Waals surface area contributed by atoms with E-state index in [2.05, 4.69) is 22.4 Å². The van der Waals surface area contributed by atoms with Gasteiger partial charge in [-0.15, -0.1) is 10.2 Å². The molecule has 1 aromatic heterocycles. The fraction of sp³-hybridized carbons (Fsp3) is 0.812. The van der Waals surface area contributed by atoms with Gasteiger partial charge in [0, 0.05) is 12.1 Å². The van der Waals surface area contributed by atoms with Crippen LogP contribution in [0.1, 0.15) is 45.4 Å². The van der Waals surface area contributed by atoms with Gasteiger partial charge in [-0.25, -0.2) is 0 Å². The third-order valence-corrected chi connectivity index (χ3v) is 6.68. The minimum absolute atomic E-state index is 0.116. The lowest BCUT2D eigenvalue weighted by molar-refractivity contribution is -0.124. The Bertz CT molecular complexity index is 535. The normalized spacial score (nSPS) is 35.8. The summed E-state index contributed by atoms with van der Waals surface area (Å²) in [6, 6.07) is 0. The average Bonchev–Trinajstić information content (AvgIpc) is 2.90. The molecular weight excluding hydrogens is 296 g/mol. The van der Waals surface area contributed by atoms with E-state index in [1.807, 2.05) is 4.57 Å². The highest BCUT2D eigenvalue weighted by atomic mass is 32.2. The second-order valence-electron chi connectivity index (χ2n) is 7.43. The Kier molecular flexibility index (Phi) is 3.67. The van der Waals surface area contributed by atoms with Crippen LogP contribution in [0.15, 0.2) is 11.5 Å². The summed E-state index contributed by atoms with van der Waals surface area (Å²) in [6.45, 7) is 2.90. The zero-order valence-corrected chi connectivity index (χ0v) is 13.9. The largest absolute Gasteiger partial charge is 0.350 e. The van der Waals surface area contributed by atoms with Gasteiger partial charge in [0.1, 0.15) is 6.33 Å². The Morgan fingerprint density at radius 3 is 2.55 bits per heavy atom. The number of carbonyl (C=O) groups is 1. The molecule has 0 aromatic carbocycles. The Morgan fingerprint density at radius 2 is 1.95 bits per heavy atom. The second-order valence-corrected chi connectivity index (χ2v) is 8.38. The average molecular weight is 320 g/mol. The monoisotopic (exact) mass is 320 g/mol. The molecule has 0 spiro atoms. The van der Waals surface area contributed by atoms with Crippen molar-refractivity contribution in [1.82, 2.24) is 20.1 Å². The minimum Gasteiger partial charge on any atom is -0.350 e. The molecule has 0 unspecified atom stereocenters. The number of aryl methyl sites for hydroxylation is 1. The summed E-state index contributed by atoms with van der Waals surface area (Å²) in [5.74, 6) is 3.20. The zero-order chi connectivity index (χ0) is 15.2. The van der Waals surface area contributed by atoms with E-state index in [0.717, 1.165) is 29.5 Å². The lowest BCUT2D eigenvalue weighted by Gasteiger charge is -2.56. The van der Waals surface area contributed by atoms with E-state index in [0.29, 0.717) is 5.75 Å². The number of amides is 1. The van der Waals surface area contributed by atoms with E-state index in [9.17, 15) is 4.79 Å². The number of rotatable bonds is 5. The summed E-state index contributed by atoms with van der Waals surface area (Å²) in [5.41, 5.74) is 0.116. The summed E-state index contributed by atoms with van der Waals surface area (Å²) in [5, 5.41) is 12.2. The Morgan fingerprint density at radius 1 is 1.32 bits per heavy atom. The Labute approximate surface area is 135 Å². The molecule has 1 amide bonds. The third-order valence-electron chi connectivity index (χ3n) is 5.70. The summed E-state index contributed by atoms with van der Waals surface area (Å²) in [7, 11) is 0. The van der Waals surface area contributed by atoms with Crippen LogP contribution in [-0.4, -0.2) is 32.0 Å². The molecule has 4 saturated carbocycles. The first kappa shape index (κ1) is 14.5. The van der Waals surface area contributed by atoms with Gasteiger partial charge >= 0.3 is 0 Å². The SMILES string of the molecule is CCn1cnnc1SCC(=O)NC12CC3CC(CC(C3)C1)C2. The van der Waals surface area contributed by atoms with Gasteiger partial charge in [0.25, 0.3) is 0 Å². The van der Waals surface area contributed by atoms with Crippen LogP contribution < -0.4 is 5.32 Å². The predicted molar refractivity (Wildman–Crippen MR) is 85.5 cm³/mol. The molecule has 0 saturated heterocycles. The van der Waals surface area contributed by atoms with Crippen LogP contribution in [-0.2, 0) is 11.3 Å². The first-order chi connectivity index (χ1) is 10.7. The van der Waals surface area contributed by atoms with Crippen LogP contribution in [0.5, 0.6) is 0 Å². The summed E-state index contributed by atoms with van der Waals surface area (Å²) < 4.78 is 1.97. The van der Waals surface area contributed by atoms with Crippen molar-refractivity contribution in [1.29, 1.82) is 0 Å². The number of thioether (sulfide) groups is 1. The Balaban J connectivity index is 1.36. The number of hydrogen-bond acceptors (Lipinski definition) is 4. The molecule has 0 atom stereocenters. The highest BCUT2D eigenvalue weighted by Crippen LogP contribution is 2.55. The molecule has 4 bridgehead atoms. The molecule has 120 valence electrons. The van der Waals surface area contributed by atoms with E-state index in [-0.39, 0.29) is 11.4 Å². The number of carbonyl (C=O) groups excluding carboxylic acids is 1. The van der Waals surface area contributed by atoms with Crippen molar-refractivity contribution in [3.63, 3.8) is 0 Å². The maximum Gasteiger partial charge on any atom is 0.230 e. The van der Waals surface area contributed by atoms with Crippen molar-refractivity contribution in [3.8, 4) is 0 Å². The van der Waals surface area contributed by atoms with Gasteiger partial charge in [0.05, 0.1) is 5.75 Å². The molecule has 0 radical (unpaired) electrons. The van der Waals surface area contributed by atoms with Crippen molar-refractivity contribution in [2.45, 2.75) is 62.7 Å². The van der Waals surface area contributed by atoms with Gasteiger partial charge in [-0.3, -0.25) is 4.79 Å². The molecule has 4 aliphatic rings. The van der Waals surface area contributed by atoms with Crippen molar-refractivity contribution < 1.29 is 4.79 Å². The topological polar surface area (TPSA) is 59.8 Å². The maximum atomic E-state index is 12.4. The second kappa shape index (κ2) is 5.55. The number of aromatic nitrogens is 3. The molecular formula is C16H24N4OS. The number of nitrogens with one attached hydrogen (secondary N) is 1. The lowest BCUT2D eigenvalue weighted by atomic mass is 9.53. The highest BCUT2D eigenvalue weighted by Gasteiger charge is 2.51. The molecule has 1 heterocycles. The minimum atomic E-state index is 0.116. The van der Waals surface area contributed by atoms with Crippen LogP contribution in [0.25, 0.3) is 0 Å². The zero-order valence-electron chi connectivity index (χ0n) is 13.1. The number of nitrogens with zero attached hydrogens (tertiary/aromatic N) is 3. The maximum absolute atomic E-state index is 12.4. The van der Waals surface area contributed by atoms with E-state index in [4.69, 9.17) is 0 Å². The molecule has 1 N–H and O–H groups in total. The van der Waals surface area contributed by atoms with Crippen LogP contribution in [0, 0.1) is 17.8 Å². The van der Waals surface area contributed by atoms with Crippen molar-refractivity contribution >= 4 is 17.7 Å². The van der Waals surface area contributed by atoms with Crippen LogP contribution in [0.3, 0.4) is 0 Å². The smallest absolute Gasteiger partial charge is 0.230 e. The van der Waals surface area contributed by atoms with Gasteiger partial charge < -0.3 is 9.88 Å². The summed E-state index contributed by atoms with van der Waals surface area (Å²) >= 11 is 1.49. The van der Waals surface area contributed by atoms with Crippen LogP contribution in [0.2, 0.25) is 0 Å². The lowest BCUT2D eigenvalue weighted by Crippen LogP contribution is -2.60. The summed E-state index contributed by atoms with van der Waals surface area (Å²) in [4.78, 5) is 12.4. The highest BCUT2D eigenvalue weighted by molar-refractivity contribution is 7.99. The first-order valence-corrected chi connectivity index (χ1v) is 9.46. The van der Waals surface area contributed by atoms with E-state index in [1.54, 1.807) is 6.33 Å². The fourth-order valence-corrected chi connectivity index (χ4v) is 6.08. The van der Waals surface area contributed by atoms with Crippen LogP contribution in [0.4, 0.5) is 0 Å². The van der Waals surface area contributed by atoms with Crippen molar-refractivity contribution in [2.75, 3.05) is 5.75 Å². The molecule has 1 aromatic rings. The van der Waals surface area contributed by atoms with E-state index >= 15 is 0 Å². The Hall–Kier alpha value is -1.04. The summed E-state index contributed by atoms with van der Waals surface area (Å²) in [6.07, 6.45) is 9.57. The molecule has 5 rings (SSSR count). The molecule has 6 heteroatoms. The fourth-order valence-electron chi connectivity index (χ4n) is 5.30. The quantitative estimate of drug-likeness (QED) is 0.847. The molecule has 5 nitrogen and oxygen atoms in total. The number of hydrogen-bond donors (Lipinski definition) is 1. The predicted octanol–water partition coefficient (Wildman–Crippen LogP) is 2.48. The van der Waals surface area contributed by atoms with Crippen molar-refractivity contribution in [3.05, 3.63) is 6.33 Å². The third kappa shape index (κ3) is 2.66. The van der Waals surface area contributed by atoms with Gasteiger partial charge in [0.15, 0.2) is 5.16 Å². The van der Waals surface area contributed by atoms with Gasteiger partial charge in [-0.1, -0.05) is 11.8 Å². The van der Waals surface area contributed by atoms with Crippen LogP contribution >= 0.6 is 11.8 Å². The van der Waals surface area contributed by atoms with Gasteiger partial charge in [0.2, 0.25) is 5.91 Å². The van der Waals surface area contributed by atoms with Gasteiger partial charge in [-0.05, 0) is 63.2 Å². The molecule has 4 aliphatic carbocycles. The molecule has 4 fully saturated rings. The van der Waals surface area contributed by atoms with E-state index in [1.165, 1.54) is 50.3 Å². The van der Waals surface area contributed by atoms with Gasteiger partial charge in [-0.2, -0.15) is 0 Å². The van der Waals surface area contributed by atoms with Crippen molar-refractivity contribution in [2.24, 2.45) is 17.8 Å². The molecule has 22 heavy (non-hydrogen) atoms. The molecule has 0 aliphatic heterocycles. The standard InChI is InChI=1S/C16H24N4OS/c1-2-20-10-17-19-15(20)22-9-14(21)18-16-6-11-3-12(7-16)5-13(4-11)8-16/h10-13H,2-9H2,1H3,(H,18,21).